The molecule has 0 amide bonds. The van der Waals surface area contributed by atoms with Crippen LogP contribution in [0.15, 0.2) is 0 Å². The van der Waals surface area contributed by atoms with Crippen molar-refractivity contribution in [3.8, 4) is 0 Å². The minimum Gasteiger partial charge on any atom is -0.480 e. The van der Waals surface area contributed by atoms with Crippen LogP contribution in [0.1, 0.15) is 6.42 Å². The van der Waals surface area contributed by atoms with Crippen LogP contribution >= 0.6 is 0 Å². The summed E-state index contributed by atoms with van der Waals surface area (Å²) in [5.41, 5.74) is 4.46. The molecule has 0 rings (SSSR count). The molecule has 0 saturated heterocycles. The van der Waals surface area contributed by atoms with E-state index in [0.29, 0.717) is 0 Å². The number of carboxylic acid groups (broad SMARTS) is 1. The number of carbonyl (C=O) groups is 1. The third kappa shape index (κ3) is 3.70. The maximum atomic E-state index is 12.5. The molecule has 5 N–H and O–H groups in total. The van der Waals surface area contributed by atoms with Crippen molar-refractivity contribution < 1.29 is 46.1 Å². The molecule has 1 unspecified atom stereocenters. The molecule has 0 bridgehead atoms. The summed E-state index contributed by atoms with van der Waals surface area (Å²) in [5.74, 6) is -14.0. The fraction of sp³-hybridized carbons (Fsp3) is 0.833. The van der Waals surface area contributed by atoms with Crippen LogP contribution < -0.4 is 5.73 Å². The molecule has 17 heavy (non-hydrogen) atoms. The molecule has 104 valence electrons. The minimum absolute atomic E-state index is 0. The minimum atomic E-state index is -6.48. The van der Waals surface area contributed by atoms with E-state index in [-0.39, 0.29) is 5.48 Å². The molecule has 0 aromatic heterocycles. The molecule has 0 heterocycles. The average Bonchev–Trinajstić information content (AvgIpc) is 2.00. The van der Waals surface area contributed by atoms with Crippen molar-refractivity contribution >= 4 is 5.97 Å². The predicted molar refractivity (Wildman–Crippen MR) is 39.8 cm³/mol. The monoisotopic (exact) mass is 275 g/mol. The van der Waals surface area contributed by atoms with Gasteiger partial charge in [0.05, 0.1) is 0 Å². The normalized spacial score (nSPS) is 15.1. The van der Waals surface area contributed by atoms with Gasteiger partial charge >= 0.3 is 24.0 Å². The number of carboxylic acids is 1. The third-order valence-electron chi connectivity index (χ3n) is 1.61. The molecular weight excluding hydrogens is 267 g/mol. The van der Waals surface area contributed by atoms with Gasteiger partial charge in [0.25, 0.3) is 0 Å². The first kappa shape index (κ1) is 18.3. The van der Waals surface area contributed by atoms with E-state index in [1.807, 2.05) is 0 Å². The summed E-state index contributed by atoms with van der Waals surface area (Å²) < 4.78 is 84.1. The summed E-state index contributed by atoms with van der Waals surface area (Å²) in [7, 11) is 0. The summed E-state index contributed by atoms with van der Waals surface area (Å²) in [5, 5.41) is 8.03. The molecule has 0 aliphatic carbocycles. The van der Waals surface area contributed by atoms with Gasteiger partial charge in [-0.2, -0.15) is 30.7 Å². The van der Waals surface area contributed by atoms with Gasteiger partial charge in [0.1, 0.15) is 6.04 Å². The van der Waals surface area contributed by atoms with Crippen molar-refractivity contribution in [2.24, 2.45) is 5.73 Å². The second-order valence-electron chi connectivity index (χ2n) is 2.93. The van der Waals surface area contributed by atoms with Gasteiger partial charge in [-0.3, -0.25) is 4.79 Å². The highest BCUT2D eigenvalue weighted by atomic mass is 19.4. The van der Waals surface area contributed by atoms with Gasteiger partial charge in [0, 0.05) is 6.42 Å². The van der Waals surface area contributed by atoms with E-state index in [2.05, 4.69) is 5.73 Å². The lowest BCUT2D eigenvalue weighted by Crippen LogP contribution is -2.54. The molecule has 0 fully saturated rings. The van der Waals surface area contributed by atoms with Crippen molar-refractivity contribution in [1.82, 2.24) is 0 Å². The van der Waals surface area contributed by atoms with Crippen molar-refractivity contribution in [2.75, 3.05) is 0 Å². The highest BCUT2D eigenvalue weighted by molar-refractivity contribution is 5.73. The molecule has 0 aromatic rings. The third-order valence-corrected chi connectivity index (χ3v) is 1.61. The maximum Gasteiger partial charge on any atom is 0.459 e. The average molecular weight is 275 g/mol. The lowest BCUT2D eigenvalue weighted by molar-refractivity contribution is -0.356. The SMILES string of the molecule is NC(CC(F)(F)C(F)(F)C(F)(F)F)C(=O)O.O. The Labute approximate surface area is 89.5 Å². The van der Waals surface area contributed by atoms with E-state index in [0.717, 1.165) is 0 Å². The Balaban J connectivity index is 0. The van der Waals surface area contributed by atoms with E-state index < -0.39 is 36.5 Å². The van der Waals surface area contributed by atoms with Crippen molar-refractivity contribution in [3.63, 3.8) is 0 Å². The Morgan fingerprint density at radius 3 is 1.71 bits per heavy atom. The predicted octanol–water partition coefficient (Wildman–Crippen LogP) is 0.797. The first-order chi connectivity index (χ1) is 6.83. The molecule has 0 aliphatic rings. The molecule has 0 aliphatic heterocycles. The molecule has 0 spiro atoms. The summed E-state index contributed by atoms with van der Waals surface area (Å²) in [4.78, 5) is 9.97. The zero-order valence-corrected chi connectivity index (χ0v) is 7.86. The highest BCUT2D eigenvalue weighted by Crippen LogP contribution is 2.48. The molecule has 4 nitrogen and oxygen atoms in total. The Kier molecular flexibility index (Phi) is 5.42. The number of aliphatic carboxylic acids is 1. The van der Waals surface area contributed by atoms with Crippen molar-refractivity contribution in [2.45, 2.75) is 30.5 Å². The number of rotatable bonds is 4. The maximum absolute atomic E-state index is 12.5. The van der Waals surface area contributed by atoms with Gasteiger partial charge in [0.2, 0.25) is 0 Å². The molecule has 11 heteroatoms. The van der Waals surface area contributed by atoms with Gasteiger partial charge < -0.3 is 16.3 Å². The van der Waals surface area contributed by atoms with Gasteiger partial charge in [-0.05, 0) is 0 Å². The van der Waals surface area contributed by atoms with Crippen LogP contribution in [0.4, 0.5) is 30.7 Å². The smallest absolute Gasteiger partial charge is 0.459 e. The zero-order valence-electron chi connectivity index (χ0n) is 7.86. The highest BCUT2D eigenvalue weighted by Gasteiger charge is 2.73. The van der Waals surface area contributed by atoms with Gasteiger partial charge in [-0.1, -0.05) is 0 Å². The van der Waals surface area contributed by atoms with Crippen molar-refractivity contribution in [1.29, 1.82) is 0 Å². The van der Waals surface area contributed by atoms with Crippen LogP contribution in [0.25, 0.3) is 0 Å². The molecule has 0 aromatic carbocycles. The topological polar surface area (TPSA) is 94.8 Å². The van der Waals surface area contributed by atoms with Crippen molar-refractivity contribution in [3.05, 3.63) is 0 Å². The standard InChI is InChI=1S/C6H6F7NO2.H2O/c7-4(8,1-2(14)3(15)16)5(9,10)6(11,12)13;/h2H,1,14H2,(H,15,16);1H2. The number of nitrogens with two attached hydrogens (primary N) is 1. The van der Waals surface area contributed by atoms with Crippen LogP contribution in [0.5, 0.6) is 0 Å². The summed E-state index contributed by atoms with van der Waals surface area (Å²) >= 11 is 0. The van der Waals surface area contributed by atoms with E-state index >= 15 is 0 Å². The van der Waals surface area contributed by atoms with Crippen LogP contribution in [-0.2, 0) is 4.79 Å². The first-order valence-electron chi connectivity index (χ1n) is 3.63. The molecule has 0 saturated carbocycles. The number of hydrogen-bond donors (Lipinski definition) is 2. The van der Waals surface area contributed by atoms with Crippen LogP contribution in [-0.4, -0.2) is 40.6 Å². The Morgan fingerprint density at radius 1 is 1.12 bits per heavy atom. The van der Waals surface area contributed by atoms with Crippen LogP contribution in [0.3, 0.4) is 0 Å². The summed E-state index contributed by atoms with van der Waals surface area (Å²) in [6, 6.07) is -2.51. The van der Waals surface area contributed by atoms with Gasteiger partial charge in [-0.25, -0.2) is 0 Å². The number of halogens is 7. The Morgan fingerprint density at radius 2 is 1.47 bits per heavy atom. The summed E-state index contributed by atoms with van der Waals surface area (Å²) in [6.07, 6.45) is -8.79. The largest absolute Gasteiger partial charge is 0.480 e. The zero-order chi connectivity index (χ0) is 13.4. The lowest BCUT2D eigenvalue weighted by atomic mass is 10.0. The van der Waals surface area contributed by atoms with Gasteiger partial charge in [-0.15, -0.1) is 0 Å². The first-order valence-corrected chi connectivity index (χ1v) is 3.63. The Bertz CT molecular complexity index is 277. The van der Waals surface area contributed by atoms with Crippen LogP contribution in [0, 0.1) is 0 Å². The van der Waals surface area contributed by atoms with E-state index in [9.17, 15) is 35.5 Å². The molecule has 0 radical (unpaired) electrons. The molecular formula is C6H8F7NO3. The Hall–Kier alpha value is -1.10. The number of hydrogen-bond acceptors (Lipinski definition) is 2. The van der Waals surface area contributed by atoms with Gasteiger partial charge in [0.15, 0.2) is 0 Å². The van der Waals surface area contributed by atoms with Crippen LogP contribution in [0.2, 0.25) is 0 Å². The quantitative estimate of drug-likeness (QED) is 0.743. The second kappa shape index (κ2) is 5.04. The van der Waals surface area contributed by atoms with E-state index in [1.54, 1.807) is 0 Å². The fourth-order valence-corrected chi connectivity index (χ4v) is 0.699. The molecule has 1 atom stereocenters. The van der Waals surface area contributed by atoms with E-state index in [1.165, 1.54) is 0 Å². The lowest BCUT2D eigenvalue weighted by Gasteiger charge is -2.28. The number of alkyl halides is 7. The second-order valence-corrected chi connectivity index (χ2v) is 2.93. The fourth-order valence-electron chi connectivity index (χ4n) is 0.699. The van der Waals surface area contributed by atoms with E-state index in [4.69, 9.17) is 5.11 Å². The summed E-state index contributed by atoms with van der Waals surface area (Å²) in [6.45, 7) is 0.